The molecule has 31 heavy (non-hydrogen) atoms. The number of aromatic nitrogens is 4. The van der Waals surface area contributed by atoms with Crippen LogP contribution in [-0.4, -0.2) is 44.9 Å². The molecule has 2 heterocycles. The average molecular weight is 445 g/mol. The number of ether oxygens (including phenoxy) is 1. The molecule has 0 amide bonds. The molecular formula is C22H29FN4O3Si. The minimum absolute atomic E-state index is 0.0583. The van der Waals surface area contributed by atoms with E-state index < -0.39 is 14.0 Å². The highest BCUT2D eigenvalue weighted by Crippen LogP contribution is 2.33. The second kappa shape index (κ2) is 9.15. The molecule has 166 valence electrons. The van der Waals surface area contributed by atoms with E-state index >= 15 is 0 Å². The number of hydrogen-bond donors (Lipinski definition) is 1. The van der Waals surface area contributed by atoms with Crippen LogP contribution in [0.15, 0.2) is 36.8 Å². The molecule has 1 N–H and O–H groups in total. The van der Waals surface area contributed by atoms with Crippen LogP contribution in [0, 0.1) is 5.82 Å². The number of nitrogens with zero attached hydrogens (tertiary/aromatic N) is 4. The minimum Gasteiger partial charge on any atom is -0.476 e. The molecule has 0 fully saturated rings. The lowest BCUT2D eigenvalue weighted by Crippen LogP contribution is -2.22. The highest BCUT2D eigenvalue weighted by molar-refractivity contribution is 6.76. The Morgan fingerprint density at radius 2 is 1.90 bits per heavy atom. The molecule has 2 aromatic heterocycles. The van der Waals surface area contributed by atoms with Crippen molar-refractivity contribution in [3.05, 3.63) is 48.3 Å². The lowest BCUT2D eigenvalue weighted by atomic mass is 10.1. The van der Waals surface area contributed by atoms with Crippen molar-refractivity contribution in [3.63, 3.8) is 0 Å². The highest BCUT2D eigenvalue weighted by Gasteiger charge is 2.24. The summed E-state index contributed by atoms with van der Waals surface area (Å²) in [5, 5.41) is 9.52. The van der Waals surface area contributed by atoms with Gasteiger partial charge in [-0.1, -0.05) is 19.6 Å². The SMILES string of the molecule is CC(C)n1cnc(-c2ccc(F)cc2)c1-c1nc(C(=O)O)cn1COCC[Si](C)(C)C. The second-order valence-electron chi connectivity index (χ2n) is 9.02. The van der Waals surface area contributed by atoms with E-state index in [1.165, 1.54) is 18.3 Å². The topological polar surface area (TPSA) is 82.2 Å². The Morgan fingerprint density at radius 1 is 1.23 bits per heavy atom. The van der Waals surface area contributed by atoms with Crippen molar-refractivity contribution < 1.29 is 19.0 Å². The molecule has 0 aliphatic heterocycles. The molecule has 0 unspecified atom stereocenters. The first-order chi connectivity index (χ1) is 14.6. The van der Waals surface area contributed by atoms with Gasteiger partial charge in [-0.15, -0.1) is 0 Å². The summed E-state index contributed by atoms with van der Waals surface area (Å²) in [5.74, 6) is -0.990. The number of carboxylic acid groups (broad SMARTS) is 1. The highest BCUT2D eigenvalue weighted by atomic mass is 28.3. The van der Waals surface area contributed by atoms with E-state index in [9.17, 15) is 14.3 Å². The number of rotatable bonds is 9. The normalized spacial score (nSPS) is 12.0. The second-order valence-corrected chi connectivity index (χ2v) is 14.6. The molecular weight excluding hydrogens is 415 g/mol. The molecule has 3 rings (SSSR count). The summed E-state index contributed by atoms with van der Waals surface area (Å²) >= 11 is 0. The summed E-state index contributed by atoms with van der Waals surface area (Å²) in [6.45, 7) is 11.6. The lowest BCUT2D eigenvalue weighted by Gasteiger charge is -2.17. The molecule has 0 radical (unpaired) electrons. The smallest absolute Gasteiger partial charge is 0.356 e. The predicted molar refractivity (Wildman–Crippen MR) is 120 cm³/mol. The fourth-order valence-corrected chi connectivity index (χ4v) is 3.90. The van der Waals surface area contributed by atoms with Crippen molar-refractivity contribution >= 4 is 14.0 Å². The van der Waals surface area contributed by atoms with Gasteiger partial charge >= 0.3 is 5.97 Å². The molecule has 0 aliphatic carbocycles. The molecule has 0 bridgehead atoms. The molecule has 1 aromatic carbocycles. The fraction of sp³-hybridized carbons (Fsp3) is 0.409. The van der Waals surface area contributed by atoms with Gasteiger partial charge in [0, 0.05) is 32.5 Å². The Kier molecular flexibility index (Phi) is 6.76. The molecule has 3 aromatic rings. The molecule has 0 aliphatic rings. The quantitative estimate of drug-likeness (QED) is 0.365. The first-order valence-electron chi connectivity index (χ1n) is 10.3. The Bertz CT molecular complexity index is 1050. The van der Waals surface area contributed by atoms with Crippen LogP contribution in [0.4, 0.5) is 4.39 Å². The van der Waals surface area contributed by atoms with Gasteiger partial charge in [-0.25, -0.2) is 19.2 Å². The first kappa shape index (κ1) is 22.9. The van der Waals surface area contributed by atoms with E-state index in [1.807, 2.05) is 18.4 Å². The summed E-state index contributed by atoms with van der Waals surface area (Å²) in [6.07, 6.45) is 3.18. The molecule has 9 heteroatoms. The zero-order valence-corrected chi connectivity index (χ0v) is 19.6. The number of benzene rings is 1. The third-order valence-electron chi connectivity index (χ3n) is 4.90. The van der Waals surface area contributed by atoms with Gasteiger partial charge in [0.1, 0.15) is 18.2 Å². The Morgan fingerprint density at radius 3 is 2.48 bits per heavy atom. The van der Waals surface area contributed by atoms with Crippen LogP contribution in [0.3, 0.4) is 0 Å². The van der Waals surface area contributed by atoms with Crippen molar-refractivity contribution in [3.8, 4) is 22.8 Å². The van der Waals surface area contributed by atoms with Crippen LogP contribution in [-0.2, 0) is 11.5 Å². The van der Waals surface area contributed by atoms with Crippen LogP contribution >= 0.6 is 0 Å². The Hall–Kier alpha value is -2.78. The van der Waals surface area contributed by atoms with E-state index in [-0.39, 0.29) is 24.3 Å². The van der Waals surface area contributed by atoms with Gasteiger partial charge in [-0.3, -0.25) is 0 Å². The van der Waals surface area contributed by atoms with Crippen molar-refractivity contribution in [2.24, 2.45) is 0 Å². The molecule has 0 saturated carbocycles. The number of hydrogen-bond acceptors (Lipinski definition) is 4. The van der Waals surface area contributed by atoms with Gasteiger partial charge in [-0.05, 0) is 44.2 Å². The van der Waals surface area contributed by atoms with Crippen LogP contribution in [0.1, 0.15) is 30.4 Å². The summed E-state index contributed by atoms with van der Waals surface area (Å²) in [4.78, 5) is 20.6. The van der Waals surface area contributed by atoms with Gasteiger partial charge < -0.3 is 19.0 Å². The van der Waals surface area contributed by atoms with Crippen LogP contribution in [0.25, 0.3) is 22.8 Å². The summed E-state index contributed by atoms with van der Waals surface area (Å²) in [7, 11) is -1.25. The molecule has 0 atom stereocenters. The van der Waals surface area contributed by atoms with E-state index in [0.29, 0.717) is 23.8 Å². The Labute approximate surface area is 182 Å². The van der Waals surface area contributed by atoms with Gasteiger partial charge in [-0.2, -0.15) is 0 Å². The van der Waals surface area contributed by atoms with Crippen LogP contribution in [0.5, 0.6) is 0 Å². The van der Waals surface area contributed by atoms with Crippen molar-refractivity contribution in [2.45, 2.75) is 52.3 Å². The Balaban J connectivity index is 2.05. The third-order valence-corrected chi connectivity index (χ3v) is 6.61. The number of carboxylic acids is 1. The molecule has 0 spiro atoms. The van der Waals surface area contributed by atoms with E-state index in [4.69, 9.17) is 4.74 Å². The lowest BCUT2D eigenvalue weighted by molar-refractivity contribution is 0.0689. The number of imidazole rings is 2. The van der Waals surface area contributed by atoms with Crippen molar-refractivity contribution in [2.75, 3.05) is 6.61 Å². The summed E-state index contributed by atoms with van der Waals surface area (Å²) in [6, 6.07) is 7.13. The standard InChI is InChI=1S/C22H29FN4O3Si/c1-15(2)27-13-24-19(16-6-8-17(23)9-7-16)20(27)21-25-18(22(28)29)12-26(21)14-30-10-11-31(3,4)5/h6-9,12-13,15H,10-11,14H2,1-5H3,(H,28,29). The number of aromatic carboxylic acids is 1. The van der Waals surface area contributed by atoms with E-state index in [2.05, 4.69) is 29.6 Å². The van der Waals surface area contributed by atoms with Crippen molar-refractivity contribution in [1.82, 2.24) is 19.1 Å². The molecule has 7 nitrogen and oxygen atoms in total. The first-order valence-corrected chi connectivity index (χ1v) is 14.0. The third kappa shape index (κ3) is 5.48. The zero-order valence-electron chi connectivity index (χ0n) is 18.6. The monoisotopic (exact) mass is 444 g/mol. The predicted octanol–water partition coefficient (Wildman–Crippen LogP) is 5.14. The van der Waals surface area contributed by atoms with Crippen LogP contribution < -0.4 is 0 Å². The van der Waals surface area contributed by atoms with Gasteiger partial charge in [0.05, 0.1) is 12.0 Å². The maximum absolute atomic E-state index is 13.5. The van der Waals surface area contributed by atoms with Crippen molar-refractivity contribution in [1.29, 1.82) is 0 Å². The van der Waals surface area contributed by atoms with Crippen LogP contribution in [0.2, 0.25) is 25.7 Å². The van der Waals surface area contributed by atoms with E-state index in [1.54, 1.807) is 23.0 Å². The van der Waals surface area contributed by atoms with Gasteiger partial charge in [0.25, 0.3) is 0 Å². The largest absolute Gasteiger partial charge is 0.476 e. The number of carbonyl (C=O) groups is 1. The maximum Gasteiger partial charge on any atom is 0.356 e. The fourth-order valence-electron chi connectivity index (χ4n) is 3.14. The number of halogens is 1. The van der Waals surface area contributed by atoms with E-state index in [0.717, 1.165) is 11.6 Å². The van der Waals surface area contributed by atoms with Gasteiger partial charge in [0.15, 0.2) is 11.5 Å². The summed E-state index contributed by atoms with van der Waals surface area (Å²) in [5.41, 5.74) is 1.94. The zero-order chi connectivity index (χ0) is 22.8. The summed E-state index contributed by atoms with van der Waals surface area (Å²) < 4.78 is 23.0. The molecule has 0 saturated heterocycles. The minimum atomic E-state index is -1.25. The maximum atomic E-state index is 13.5. The average Bonchev–Trinajstić information content (AvgIpc) is 3.29. The van der Waals surface area contributed by atoms with Gasteiger partial charge in [0.2, 0.25) is 0 Å².